The minimum atomic E-state index is -1.11. The van der Waals surface area contributed by atoms with Gasteiger partial charge in [0.2, 0.25) is 0 Å². The average molecular weight is 163 g/mol. The maximum atomic E-state index is 10.1. The molecule has 4 heteroatoms. The van der Waals surface area contributed by atoms with Gasteiger partial charge in [-0.2, -0.15) is 0 Å². The molecule has 0 saturated heterocycles. The quantitative estimate of drug-likeness (QED) is 0.528. The molecule has 0 bridgehead atoms. The van der Waals surface area contributed by atoms with Crippen molar-refractivity contribution in [1.29, 1.82) is 0 Å². The molecule has 0 aliphatic carbocycles. The molecule has 2 N–H and O–H groups in total. The van der Waals surface area contributed by atoms with Gasteiger partial charge in [-0.05, 0) is 6.92 Å². The van der Waals surface area contributed by atoms with Crippen LogP contribution in [0.1, 0.15) is 14.7 Å². The third-order valence-corrected chi connectivity index (χ3v) is 1.42. The number of hydrogen-bond acceptors (Lipinski definition) is 4. The normalized spacial score (nSPS) is 20.1. The Hall–Kier alpha value is -0.450. The fourth-order valence-electron chi connectivity index (χ4n) is 0.712. The van der Waals surface area contributed by atoms with Crippen molar-refractivity contribution >= 4 is 6.29 Å². The van der Waals surface area contributed by atoms with E-state index in [0.717, 1.165) is 0 Å². The Balaban J connectivity index is 3.98. The molecule has 0 rings (SSSR count). The molecule has 0 aromatic rings. The van der Waals surface area contributed by atoms with Crippen molar-refractivity contribution in [2.75, 3.05) is 7.09 Å². The molecule has 0 saturated carbocycles. The lowest BCUT2D eigenvalue weighted by molar-refractivity contribution is -0.115. The molecule has 0 radical (unpaired) electrons. The van der Waals surface area contributed by atoms with Gasteiger partial charge in [-0.3, -0.25) is 0 Å². The van der Waals surface area contributed by atoms with E-state index in [4.69, 9.17) is 11.2 Å². The standard InChI is InChI=1S/C7H14O4/c1-5(9)7(10)6(11-2)3-4-8/h4-7,9-10H,3H2,1-2H3/t5-,6+,7-/m1/s1/i2D. The summed E-state index contributed by atoms with van der Waals surface area (Å²) >= 11 is 0. The van der Waals surface area contributed by atoms with Crippen molar-refractivity contribution in [2.45, 2.75) is 31.7 Å². The molecule has 0 unspecified atom stereocenters. The first-order chi connectivity index (χ1) is 5.63. The van der Waals surface area contributed by atoms with Gasteiger partial charge in [0.15, 0.2) is 0 Å². The van der Waals surface area contributed by atoms with E-state index in [1.165, 1.54) is 6.92 Å². The summed E-state index contributed by atoms with van der Waals surface area (Å²) in [5, 5.41) is 18.2. The summed E-state index contributed by atoms with van der Waals surface area (Å²) in [6, 6.07) is 0. The summed E-state index contributed by atoms with van der Waals surface area (Å²) in [4.78, 5) is 10.1. The fourth-order valence-corrected chi connectivity index (χ4v) is 0.712. The smallest absolute Gasteiger partial charge is 0.122 e. The van der Waals surface area contributed by atoms with Gasteiger partial charge in [-0.1, -0.05) is 0 Å². The zero-order chi connectivity index (χ0) is 9.56. The van der Waals surface area contributed by atoms with Crippen LogP contribution >= 0.6 is 0 Å². The van der Waals surface area contributed by atoms with Crippen molar-refractivity contribution in [3.8, 4) is 0 Å². The van der Waals surface area contributed by atoms with Gasteiger partial charge in [0, 0.05) is 13.5 Å². The lowest BCUT2D eigenvalue weighted by Gasteiger charge is -2.21. The SMILES string of the molecule is [2H]CO[C@@H](CC=O)[C@H](O)[C@@H](C)O. The first-order valence-corrected chi connectivity index (χ1v) is 3.34. The van der Waals surface area contributed by atoms with Gasteiger partial charge in [0.05, 0.1) is 13.6 Å². The molecule has 0 heterocycles. The van der Waals surface area contributed by atoms with Gasteiger partial charge in [0.25, 0.3) is 0 Å². The summed E-state index contributed by atoms with van der Waals surface area (Å²) < 4.78 is 11.4. The molecule has 66 valence electrons. The maximum Gasteiger partial charge on any atom is 0.122 e. The lowest BCUT2D eigenvalue weighted by Crippen LogP contribution is -2.37. The van der Waals surface area contributed by atoms with Gasteiger partial charge < -0.3 is 19.7 Å². The summed E-state index contributed by atoms with van der Waals surface area (Å²) in [6.45, 7) is 1.40. The topological polar surface area (TPSA) is 66.8 Å². The van der Waals surface area contributed by atoms with Crippen LogP contribution in [-0.4, -0.2) is 41.9 Å². The molecule has 0 aromatic heterocycles. The van der Waals surface area contributed by atoms with Gasteiger partial charge in [0.1, 0.15) is 12.4 Å². The zero-order valence-electron chi connectivity index (χ0n) is 7.43. The molecular weight excluding hydrogens is 148 g/mol. The van der Waals surface area contributed by atoms with Crippen molar-refractivity contribution in [3.63, 3.8) is 0 Å². The van der Waals surface area contributed by atoms with Crippen molar-refractivity contribution in [3.05, 3.63) is 0 Å². The summed E-state index contributed by atoms with van der Waals surface area (Å²) in [7, 11) is -0.331. The van der Waals surface area contributed by atoms with Crippen LogP contribution in [0.2, 0.25) is 0 Å². The number of carbonyl (C=O) groups excluding carboxylic acids is 1. The zero-order valence-corrected chi connectivity index (χ0v) is 6.43. The molecule has 0 aromatic carbocycles. The van der Waals surface area contributed by atoms with Crippen LogP contribution in [-0.2, 0) is 9.53 Å². The number of aliphatic hydroxyl groups excluding tert-OH is 2. The predicted molar refractivity (Wildman–Crippen MR) is 39.2 cm³/mol. The Morgan fingerprint density at radius 1 is 1.73 bits per heavy atom. The van der Waals surface area contributed by atoms with Crippen molar-refractivity contribution in [1.82, 2.24) is 0 Å². The maximum absolute atomic E-state index is 10.1. The van der Waals surface area contributed by atoms with Crippen LogP contribution in [0.25, 0.3) is 0 Å². The molecule has 11 heavy (non-hydrogen) atoms. The second-order valence-corrected chi connectivity index (χ2v) is 2.34. The highest BCUT2D eigenvalue weighted by Crippen LogP contribution is 2.05. The third-order valence-electron chi connectivity index (χ3n) is 1.42. The van der Waals surface area contributed by atoms with Crippen LogP contribution in [0.5, 0.6) is 0 Å². The van der Waals surface area contributed by atoms with E-state index in [1.807, 2.05) is 0 Å². The third kappa shape index (κ3) is 3.46. The van der Waals surface area contributed by atoms with Gasteiger partial charge >= 0.3 is 0 Å². The first kappa shape index (κ1) is 8.64. The second kappa shape index (κ2) is 5.23. The highest BCUT2D eigenvalue weighted by Gasteiger charge is 2.22. The predicted octanol–water partition coefficient (Wildman–Crippen LogP) is -0.668. The summed E-state index contributed by atoms with van der Waals surface area (Å²) in [5.74, 6) is 0. The Morgan fingerprint density at radius 3 is 2.73 bits per heavy atom. The van der Waals surface area contributed by atoms with Crippen LogP contribution in [0.3, 0.4) is 0 Å². The Labute approximate surface area is 67.2 Å². The number of rotatable bonds is 5. The highest BCUT2D eigenvalue weighted by molar-refractivity contribution is 5.50. The molecule has 0 aliphatic heterocycles. The van der Waals surface area contributed by atoms with E-state index in [2.05, 4.69) is 0 Å². The van der Waals surface area contributed by atoms with E-state index in [0.29, 0.717) is 6.29 Å². The molecule has 3 atom stereocenters. The van der Waals surface area contributed by atoms with Crippen LogP contribution in [0, 0.1) is 0 Å². The van der Waals surface area contributed by atoms with Gasteiger partial charge in [-0.15, -0.1) is 0 Å². The molecule has 0 fully saturated rings. The van der Waals surface area contributed by atoms with Crippen LogP contribution in [0.4, 0.5) is 0 Å². The number of ether oxygens (including phenoxy) is 1. The summed E-state index contributed by atoms with van der Waals surface area (Å²) in [6.07, 6.45) is -2.27. The minimum Gasteiger partial charge on any atom is -0.391 e. The Bertz CT molecular complexity index is 129. The van der Waals surface area contributed by atoms with E-state index >= 15 is 0 Å². The van der Waals surface area contributed by atoms with Gasteiger partial charge in [-0.25, -0.2) is 0 Å². The number of carbonyl (C=O) groups is 1. The number of hydrogen-bond donors (Lipinski definition) is 2. The monoisotopic (exact) mass is 163 g/mol. The van der Waals surface area contributed by atoms with Crippen LogP contribution in [0.15, 0.2) is 0 Å². The van der Waals surface area contributed by atoms with E-state index in [1.54, 1.807) is 0 Å². The number of methoxy groups -OCH3 is 1. The van der Waals surface area contributed by atoms with E-state index < -0.39 is 18.3 Å². The van der Waals surface area contributed by atoms with Crippen molar-refractivity contribution < 1.29 is 21.1 Å². The highest BCUT2D eigenvalue weighted by atomic mass is 16.5. The number of aliphatic hydroxyl groups is 2. The largest absolute Gasteiger partial charge is 0.391 e. The average Bonchev–Trinajstić information content (AvgIpc) is 2.03. The first-order valence-electron chi connectivity index (χ1n) is 4.04. The molecule has 4 nitrogen and oxygen atoms in total. The van der Waals surface area contributed by atoms with E-state index in [-0.39, 0.29) is 13.5 Å². The lowest BCUT2D eigenvalue weighted by atomic mass is 10.1. The second-order valence-electron chi connectivity index (χ2n) is 2.34. The van der Waals surface area contributed by atoms with E-state index in [9.17, 15) is 9.90 Å². The fraction of sp³-hybridized carbons (Fsp3) is 0.857. The molecule has 0 amide bonds. The Kier molecular flexibility index (Phi) is 4.11. The Morgan fingerprint density at radius 2 is 2.36 bits per heavy atom. The molecule has 0 aliphatic rings. The summed E-state index contributed by atoms with van der Waals surface area (Å²) in [5.41, 5.74) is 0. The molecular formula is C7H14O4. The number of aldehydes is 1. The van der Waals surface area contributed by atoms with Crippen molar-refractivity contribution in [2.24, 2.45) is 0 Å². The minimum absolute atomic E-state index is 0.00898. The molecule has 0 spiro atoms. The van der Waals surface area contributed by atoms with Crippen LogP contribution < -0.4 is 0 Å².